The molecule has 1 heterocycles. The van der Waals surface area contributed by atoms with Crippen molar-refractivity contribution in [2.75, 3.05) is 19.5 Å². The molecule has 7 nitrogen and oxygen atoms in total. The van der Waals surface area contributed by atoms with Crippen LogP contribution in [0.15, 0.2) is 29.4 Å². The third kappa shape index (κ3) is 3.21. The molecule has 4 N–H and O–H groups in total. The number of hydrazone groups is 1. The number of carbonyl (C=O) groups is 1. The Morgan fingerprint density at radius 3 is 2.77 bits per heavy atom. The first-order chi connectivity index (χ1) is 10.4. The number of amides is 1. The van der Waals surface area contributed by atoms with E-state index in [2.05, 4.69) is 10.5 Å². The van der Waals surface area contributed by atoms with E-state index in [9.17, 15) is 4.79 Å². The Hall–Kier alpha value is -2.92. The maximum atomic E-state index is 12.0. The Kier molecular flexibility index (Phi) is 4.39. The van der Waals surface area contributed by atoms with Crippen molar-refractivity contribution >= 4 is 44.6 Å². The zero-order valence-electron chi connectivity index (χ0n) is 12.0. The highest BCUT2D eigenvalue weighted by molar-refractivity contribution is 7.20. The minimum absolute atomic E-state index is 0.0444. The molecular weight excluding hydrogens is 300 g/mol. The monoisotopic (exact) mass is 314 g/mol. The summed E-state index contributed by atoms with van der Waals surface area (Å²) in [6, 6.07) is 9.00. The lowest BCUT2D eigenvalue weighted by atomic mass is 10.2. The summed E-state index contributed by atoms with van der Waals surface area (Å²) in [6.07, 6.45) is 0. The lowest BCUT2D eigenvalue weighted by molar-refractivity contribution is 0.0832. The quantitative estimate of drug-likeness (QED) is 0.453. The van der Waals surface area contributed by atoms with Gasteiger partial charge in [-0.3, -0.25) is 15.6 Å². The van der Waals surface area contributed by atoms with Crippen LogP contribution in [0.25, 0.3) is 10.1 Å². The van der Waals surface area contributed by atoms with E-state index in [0.717, 1.165) is 10.1 Å². The van der Waals surface area contributed by atoms with Gasteiger partial charge in [-0.25, -0.2) is 0 Å². The molecule has 0 unspecified atom stereocenters. The molecule has 0 saturated heterocycles. The zero-order valence-corrected chi connectivity index (χ0v) is 12.9. The number of nitrogens with zero attached hydrogens (tertiary/aromatic N) is 3. The maximum absolute atomic E-state index is 12.0. The second kappa shape index (κ2) is 6.24. The Morgan fingerprint density at radius 2 is 2.18 bits per heavy atom. The molecule has 0 atom stereocenters. The molecule has 2 rings (SSSR count). The van der Waals surface area contributed by atoms with Crippen molar-refractivity contribution in [3.8, 4) is 6.07 Å². The van der Waals surface area contributed by atoms with Crippen molar-refractivity contribution in [3.63, 3.8) is 0 Å². The highest BCUT2D eigenvalue weighted by Crippen LogP contribution is 2.28. The molecule has 8 heteroatoms. The fourth-order valence-corrected chi connectivity index (χ4v) is 2.77. The molecule has 22 heavy (non-hydrogen) atoms. The summed E-state index contributed by atoms with van der Waals surface area (Å²) >= 11 is 1.41. The molecule has 2 aromatic rings. The summed E-state index contributed by atoms with van der Waals surface area (Å²) in [5.41, 5.74) is 8.36. The van der Waals surface area contributed by atoms with Crippen molar-refractivity contribution in [1.82, 2.24) is 4.90 Å². The second-order valence-corrected chi connectivity index (χ2v) is 5.74. The first-order valence-corrected chi connectivity index (χ1v) is 7.07. The number of amidine groups is 1. The predicted octanol–water partition coefficient (Wildman–Crippen LogP) is 1.83. The van der Waals surface area contributed by atoms with E-state index in [1.54, 1.807) is 26.2 Å². The minimum atomic E-state index is -0.398. The number of benzene rings is 1. The summed E-state index contributed by atoms with van der Waals surface area (Å²) in [4.78, 5) is 14.1. The Labute approximate surface area is 131 Å². The lowest BCUT2D eigenvalue weighted by Gasteiger charge is -2.06. The van der Waals surface area contributed by atoms with Crippen LogP contribution in [0.3, 0.4) is 0 Å². The predicted molar refractivity (Wildman–Crippen MR) is 88.4 cm³/mol. The summed E-state index contributed by atoms with van der Waals surface area (Å²) in [6.45, 7) is 0. The van der Waals surface area contributed by atoms with Crippen LogP contribution in [0, 0.1) is 16.7 Å². The molecule has 1 aromatic carbocycles. The zero-order chi connectivity index (χ0) is 16.3. The Balaban J connectivity index is 2.30. The van der Waals surface area contributed by atoms with Gasteiger partial charge in [0.15, 0.2) is 5.84 Å². The smallest absolute Gasteiger partial charge is 0.263 e. The number of anilines is 1. The van der Waals surface area contributed by atoms with Gasteiger partial charge in [0.2, 0.25) is 5.71 Å². The number of nitriles is 1. The minimum Gasteiger partial charge on any atom is -0.382 e. The number of nitrogens with two attached hydrogens (primary N) is 1. The maximum Gasteiger partial charge on any atom is 0.263 e. The van der Waals surface area contributed by atoms with Gasteiger partial charge >= 0.3 is 0 Å². The number of hydrogen-bond acceptors (Lipinski definition) is 6. The normalized spacial score (nSPS) is 11.0. The van der Waals surface area contributed by atoms with Gasteiger partial charge in [-0.05, 0) is 29.7 Å². The third-order valence-corrected chi connectivity index (χ3v) is 3.90. The van der Waals surface area contributed by atoms with Gasteiger partial charge in [0.25, 0.3) is 5.91 Å². The molecule has 0 aliphatic heterocycles. The Bertz CT molecular complexity index is 814. The van der Waals surface area contributed by atoms with Crippen molar-refractivity contribution in [3.05, 3.63) is 29.1 Å². The van der Waals surface area contributed by atoms with Crippen LogP contribution in [0.2, 0.25) is 0 Å². The summed E-state index contributed by atoms with van der Waals surface area (Å²) in [5, 5.41) is 20.6. The number of thiophene rings is 1. The summed E-state index contributed by atoms with van der Waals surface area (Å²) in [7, 11) is 3.42. The van der Waals surface area contributed by atoms with E-state index >= 15 is 0 Å². The average molecular weight is 314 g/mol. The second-order valence-electron chi connectivity index (χ2n) is 4.66. The largest absolute Gasteiger partial charge is 0.382 e. The molecule has 112 valence electrons. The standard InChI is InChI=1S/C14H14N6OS/c1-20(2)14(21)12-6-8-5-9(3-4-11(8)22-12)18-19-10(7-15)13(16)17/h3-6,18H,1-2H3,(H3,16,17)/b19-10+. The topological polar surface area (TPSA) is 118 Å². The van der Waals surface area contributed by atoms with Crippen LogP contribution in [-0.4, -0.2) is 36.4 Å². The molecule has 0 spiro atoms. The van der Waals surface area contributed by atoms with E-state index in [1.165, 1.54) is 16.2 Å². The highest BCUT2D eigenvalue weighted by atomic mass is 32.1. The van der Waals surface area contributed by atoms with Crippen LogP contribution in [-0.2, 0) is 0 Å². The summed E-state index contributed by atoms with van der Waals surface area (Å²) < 4.78 is 0.979. The van der Waals surface area contributed by atoms with Gasteiger partial charge < -0.3 is 10.6 Å². The molecule has 0 aliphatic carbocycles. The van der Waals surface area contributed by atoms with Gasteiger partial charge in [-0.1, -0.05) is 0 Å². The van der Waals surface area contributed by atoms with E-state index in [4.69, 9.17) is 16.4 Å². The third-order valence-electron chi connectivity index (χ3n) is 2.79. The number of fused-ring (bicyclic) bond motifs is 1. The van der Waals surface area contributed by atoms with E-state index < -0.39 is 5.84 Å². The van der Waals surface area contributed by atoms with Crippen molar-refractivity contribution in [2.45, 2.75) is 0 Å². The summed E-state index contributed by atoms with van der Waals surface area (Å²) in [5.74, 6) is -0.442. The van der Waals surface area contributed by atoms with Gasteiger partial charge in [0, 0.05) is 18.8 Å². The van der Waals surface area contributed by atoms with Gasteiger partial charge in [-0.2, -0.15) is 10.4 Å². The molecule has 0 fully saturated rings. The fraction of sp³-hybridized carbons (Fsp3) is 0.143. The molecule has 0 radical (unpaired) electrons. The first kappa shape index (κ1) is 15.5. The average Bonchev–Trinajstić information content (AvgIpc) is 2.89. The van der Waals surface area contributed by atoms with Crippen molar-refractivity contribution < 1.29 is 4.79 Å². The number of rotatable bonds is 4. The molecule has 0 saturated carbocycles. The van der Waals surface area contributed by atoms with Crippen molar-refractivity contribution in [2.24, 2.45) is 10.8 Å². The van der Waals surface area contributed by atoms with Gasteiger partial charge in [-0.15, -0.1) is 11.3 Å². The molecule has 0 aliphatic rings. The van der Waals surface area contributed by atoms with Gasteiger partial charge in [0.05, 0.1) is 10.6 Å². The number of hydrogen-bond donors (Lipinski definition) is 3. The first-order valence-electron chi connectivity index (χ1n) is 6.26. The van der Waals surface area contributed by atoms with E-state index in [1.807, 2.05) is 18.2 Å². The van der Waals surface area contributed by atoms with Crippen LogP contribution < -0.4 is 11.2 Å². The van der Waals surface area contributed by atoms with Crippen LogP contribution >= 0.6 is 11.3 Å². The van der Waals surface area contributed by atoms with E-state index in [0.29, 0.717) is 10.6 Å². The van der Waals surface area contributed by atoms with Crippen LogP contribution in [0.5, 0.6) is 0 Å². The fourth-order valence-electron chi connectivity index (χ4n) is 1.70. The SMILES string of the molecule is CN(C)C(=O)c1cc2cc(N/N=C(\C#N)C(=N)N)ccc2s1. The van der Waals surface area contributed by atoms with Crippen molar-refractivity contribution in [1.29, 1.82) is 10.7 Å². The van der Waals surface area contributed by atoms with Gasteiger partial charge in [0.1, 0.15) is 6.07 Å². The van der Waals surface area contributed by atoms with E-state index in [-0.39, 0.29) is 11.6 Å². The molecule has 1 aromatic heterocycles. The van der Waals surface area contributed by atoms with Crippen LogP contribution in [0.4, 0.5) is 5.69 Å². The highest BCUT2D eigenvalue weighted by Gasteiger charge is 2.12. The molecule has 0 bridgehead atoms. The molecule has 1 amide bonds. The number of carbonyl (C=O) groups excluding carboxylic acids is 1. The lowest BCUT2D eigenvalue weighted by Crippen LogP contribution is -2.21. The Morgan fingerprint density at radius 1 is 1.45 bits per heavy atom. The number of nitrogens with one attached hydrogen (secondary N) is 2. The van der Waals surface area contributed by atoms with Crippen LogP contribution in [0.1, 0.15) is 9.67 Å². The molecular formula is C14H14N6OS.